The number of hydrogen-bond acceptors (Lipinski definition) is 7. The molecule has 0 atom stereocenters. The lowest BCUT2D eigenvalue weighted by atomic mass is 10.4. The highest BCUT2D eigenvalue weighted by molar-refractivity contribution is 5.75. The van der Waals surface area contributed by atoms with Gasteiger partial charge in [0.05, 0.1) is 6.61 Å². The van der Waals surface area contributed by atoms with Crippen LogP contribution in [0.4, 0.5) is 11.9 Å². The summed E-state index contributed by atoms with van der Waals surface area (Å²) in [6.07, 6.45) is 0.373. The van der Waals surface area contributed by atoms with Gasteiger partial charge in [0.15, 0.2) is 0 Å². The normalized spacial score (nSPS) is 9.89. The molecule has 0 bridgehead atoms. The van der Waals surface area contributed by atoms with E-state index in [9.17, 15) is 4.79 Å². The van der Waals surface area contributed by atoms with Gasteiger partial charge in [-0.1, -0.05) is 0 Å². The van der Waals surface area contributed by atoms with Gasteiger partial charge in [-0.15, -0.1) is 0 Å². The predicted octanol–water partition coefficient (Wildman–Crippen LogP) is 0.202. The summed E-state index contributed by atoms with van der Waals surface area (Å²) in [7, 11) is 5.15. The first-order chi connectivity index (χ1) is 9.06. The lowest BCUT2D eigenvalue weighted by Gasteiger charge is -2.11. The minimum Gasteiger partial charge on any atom is -0.464 e. The molecule has 0 radical (unpaired) electrons. The third-order valence-electron chi connectivity index (χ3n) is 2.23. The molecule has 8 heteroatoms. The molecule has 0 spiro atoms. The molecule has 1 heterocycles. The molecule has 0 fully saturated rings. The maximum atomic E-state index is 11.4. The van der Waals surface area contributed by atoms with Crippen molar-refractivity contribution in [2.45, 2.75) is 13.3 Å². The van der Waals surface area contributed by atoms with E-state index in [1.54, 1.807) is 26.0 Å². The van der Waals surface area contributed by atoms with Crippen LogP contribution in [0, 0.1) is 0 Å². The van der Waals surface area contributed by atoms with Crippen LogP contribution in [0.15, 0.2) is 0 Å². The van der Waals surface area contributed by atoms with E-state index in [1.165, 1.54) is 0 Å². The molecule has 0 saturated carbocycles. The van der Waals surface area contributed by atoms with Crippen molar-refractivity contribution in [1.29, 1.82) is 0 Å². The summed E-state index contributed by atoms with van der Waals surface area (Å²) in [5.74, 6) is 0.842. The highest BCUT2D eigenvalue weighted by Gasteiger charge is 2.07. The van der Waals surface area contributed by atoms with Crippen LogP contribution in [-0.4, -0.2) is 60.1 Å². The van der Waals surface area contributed by atoms with Crippen molar-refractivity contribution in [2.24, 2.45) is 0 Å². The van der Waals surface area contributed by atoms with Gasteiger partial charge in [0.1, 0.15) is 0 Å². The fraction of sp³-hybridized carbons (Fsp3) is 0.636. The van der Waals surface area contributed by atoms with E-state index < -0.39 is 0 Å². The number of amides is 1. The second-order valence-electron chi connectivity index (χ2n) is 3.91. The molecule has 19 heavy (non-hydrogen) atoms. The Kier molecular flexibility index (Phi) is 5.77. The average molecular weight is 268 g/mol. The van der Waals surface area contributed by atoms with Crippen molar-refractivity contribution in [2.75, 3.05) is 44.9 Å². The summed E-state index contributed by atoms with van der Waals surface area (Å²) in [5.41, 5.74) is 0. The highest BCUT2D eigenvalue weighted by Crippen LogP contribution is 2.10. The van der Waals surface area contributed by atoms with Crippen LogP contribution in [0.5, 0.6) is 6.01 Å². The molecule has 1 aromatic heterocycles. The number of rotatable bonds is 7. The number of ether oxygens (including phenoxy) is 1. The molecule has 0 aliphatic rings. The van der Waals surface area contributed by atoms with E-state index in [-0.39, 0.29) is 11.9 Å². The maximum absolute atomic E-state index is 11.4. The van der Waals surface area contributed by atoms with Crippen LogP contribution in [0.1, 0.15) is 13.3 Å². The summed E-state index contributed by atoms with van der Waals surface area (Å²) in [5, 5.41) is 5.80. The van der Waals surface area contributed by atoms with Crippen LogP contribution < -0.4 is 15.4 Å². The fourth-order valence-electron chi connectivity index (χ4n) is 1.25. The minimum atomic E-state index is 0.0421. The number of carbonyl (C=O) groups is 1. The largest absolute Gasteiger partial charge is 0.464 e. The molecule has 0 unspecified atom stereocenters. The molecule has 1 amide bonds. The number of hydrogen-bond donors (Lipinski definition) is 2. The summed E-state index contributed by atoms with van der Waals surface area (Å²) >= 11 is 0. The second-order valence-corrected chi connectivity index (χ2v) is 3.91. The van der Waals surface area contributed by atoms with Crippen molar-refractivity contribution < 1.29 is 9.53 Å². The molecule has 2 N–H and O–H groups in total. The summed E-state index contributed by atoms with van der Waals surface area (Å²) in [4.78, 5) is 25.2. The van der Waals surface area contributed by atoms with Crippen molar-refractivity contribution in [1.82, 2.24) is 19.9 Å². The van der Waals surface area contributed by atoms with Crippen LogP contribution in [-0.2, 0) is 4.79 Å². The van der Waals surface area contributed by atoms with Gasteiger partial charge >= 0.3 is 6.01 Å². The Morgan fingerprint density at radius 1 is 1.26 bits per heavy atom. The van der Waals surface area contributed by atoms with Crippen molar-refractivity contribution in [3.63, 3.8) is 0 Å². The number of nitrogens with one attached hydrogen (secondary N) is 2. The van der Waals surface area contributed by atoms with Crippen LogP contribution in [0.25, 0.3) is 0 Å². The predicted molar refractivity (Wildman–Crippen MR) is 72.3 cm³/mol. The first kappa shape index (κ1) is 14.9. The standard InChI is InChI=1S/C11H20N6O2/c1-5-19-11-15-9(12-2)14-10(16-11)13-7-6-8(18)17(3)4/h5-7H2,1-4H3,(H2,12,13,14,15,16). The Bertz CT molecular complexity index is 424. The Morgan fingerprint density at radius 3 is 2.53 bits per heavy atom. The second kappa shape index (κ2) is 7.34. The lowest BCUT2D eigenvalue weighted by molar-refractivity contribution is -0.128. The van der Waals surface area contributed by atoms with Gasteiger partial charge in [-0.3, -0.25) is 4.79 Å². The van der Waals surface area contributed by atoms with Gasteiger partial charge in [0.2, 0.25) is 17.8 Å². The maximum Gasteiger partial charge on any atom is 0.323 e. The minimum absolute atomic E-state index is 0.0421. The monoisotopic (exact) mass is 268 g/mol. The third-order valence-corrected chi connectivity index (χ3v) is 2.23. The first-order valence-corrected chi connectivity index (χ1v) is 6.07. The molecule has 8 nitrogen and oxygen atoms in total. The van der Waals surface area contributed by atoms with Crippen molar-refractivity contribution in [3.05, 3.63) is 0 Å². The molecule has 0 aromatic carbocycles. The van der Waals surface area contributed by atoms with E-state index >= 15 is 0 Å². The van der Waals surface area contributed by atoms with E-state index in [0.717, 1.165) is 0 Å². The summed E-state index contributed by atoms with van der Waals surface area (Å²) in [6.45, 7) is 2.78. The first-order valence-electron chi connectivity index (χ1n) is 6.07. The smallest absolute Gasteiger partial charge is 0.323 e. The van der Waals surface area contributed by atoms with Gasteiger partial charge in [0.25, 0.3) is 0 Å². The molecule has 1 rings (SSSR count). The Hall–Kier alpha value is -2.12. The zero-order valence-electron chi connectivity index (χ0n) is 11.7. The Balaban J connectivity index is 2.61. The van der Waals surface area contributed by atoms with Crippen LogP contribution >= 0.6 is 0 Å². The van der Waals surface area contributed by atoms with Gasteiger partial charge in [-0.25, -0.2) is 0 Å². The molecule has 0 saturated heterocycles. The van der Waals surface area contributed by atoms with Crippen LogP contribution in [0.3, 0.4) is 0 Å². The SMILES string of the molecule is CCOc1nc(NC)nc(NCCC(=O)N(C)C)n1. The van der Waals surface area contributed by atoms with Crippen LogP contribution in [0.2, 0.25) is 0 Å². The molecular formula is C11H20N6O2. The Labute approximate surface area is 112 Å². The van der Waals surface area contributed by atoms with E-state index in [1.807, 2.05) is 6.92 Å². The molecular weight excluding hydrogens is 248 g/mol. The van der Waals surface area contributed by atoms with Gasteiger partial charge in [0, 0.05) is 34.1 Å². The quantitative estimate of drug-likeness (QED) is 0.729. The van der Waals surface area contributed by atoms with Gasteiger partial charge in [-0.05, 0) is 6.92 Å². The van der Waals surface area contributed by atoms with E-state index in [2.05, 4.69) is 25.6 Å². The molecule has 106 valence electrons. The summed E-state index contributed by atoms with van der Waals surface area (Å²) in [6, 6.07) is 0.253. The highest BCUT2D eigenvalue weighted by atomic mass is 16.5. The fourth-order valence-corrected chi connectivity index (χ4v) is 1.25. The zero-order valence-corrected chi connectivity index (χ0v) is 11.7. The number of aromatic nitrogens is 3. The van der Waals surface area contributed by atoms with E-state index in [0.29, 0.717) is 31.5 Å². The zero-order chi connectivity index (χ0) is 14.3. The molecule has 0 aliphatic carbocycles. The summed E-state index contributed by atoms with van der Waals surface area (Å²) < 4.78 is 5.24. The number of nitrogens with zero attached hydrogens (tertiary/aromatic N) is 4. The van der Waals surface area contributed by atoms with E-state index in [4.69, 9.17) is 4.74 Å². The molecule has 1 aromatic rings. The molecule has 0 aliphatic heterocycles. The average Bonchev–Trinajstić information content (AvgIpc) is 2.38. The number of carbonyl (C=O) groups excluding carboxylic acids is 1. The van der Waals surface area contributed by atoms with Gasteiger partial charge in [-0.2, -0.15) is 15.0 Å². The number of anilines is 2. The van der Waals surface area contributed by atoms with Crippen molar-refractivity contribution in [3.8, 4) is 6.01 Å². The van der Waals surface area contributed by atoms with Gasteiger partial charge < -0.3 is 20.3 Å². The lowest BCUT2D eigenvalue weighted by Crippen LogP contribution is -2.24. The third kappa shape index (κ3) is 4.94. The van der Waals surface area contributed by atoms with Crippen molar-refractivity contribution >= 4 is 17.8 Å². The topological polar surface area (TPSA) is 92.3 Å². The Morgan fingerprint density at radius 2 is 1.95 bits per heavy atom.